The van der Waals surface area contributed by atoms with Gasteiger partial charge in [0.05, 0.1) is 5.69 Å². The number of urea groups is 1. The second-order valence-electron chi connectivity index (χ2n) is 7.67. The maximum absolute atomic E-state index is 12.5. The number of aromatic nitrogens is 4. The molecule has 0 bridgehead atoms. The number of benzene rings is 1. The van der Waals surface area contributed by atoms with Gasteiger partial charge in [-0.25, -0.2) is 9.48 Å². The van der Waals surface area contributed by atoms with E-state index >= 15 is 0 Å². The molecule has 2 aromatic rings. The lowest BCUT2D eigenvalue weighted by molar-refractivity contribution is -0.129. The van der Waals surface area contributed by atoms with Crippen molar-refractivity contribution >= 4 is 17.6 Å². The van der Waals surface area contributed by atoms with Crippen LogP contribution in [0.5, 0.6) is 0 Å². The molecule has 2 heterocycles. The third-order valence-corrected chi connectivity index (χ3v) is 5.61. The van der Waals surface area contributed by atoms with Crippen LogP contribution >= 0.6 is 0 Å². The summed E-state index contributed by atoms with van der Waals surface area (Å²) >= 11 is 0. The maximum atomic E-state index is 12.5. The molecule has 1 aromatic heterocycles. The Bertz CT molecular complexity index is 815. The number of rotatable bonds is 5. The predicted molar refractivity (Wildman–Crippen MR) is 103 cm³/mol. The number of amides is 3. The van der Waals surface area contributed by atoms with Gasteiger partial charge in [-0.2, -0.15) is 0 Å². The van der Waals surface area contributed by atoms with Crippen LogP contribution in [0, 0.1) is 5.92 Å². The molecule has 0 unspecified atom stereocenters. The molecule has 9 heteroatoms. The van der Waals surface area contributed by atoms with Crippen molar-refractivity contribution in [2.45, 2.75) is 38.1 Å². The van der Waals surface area contributed by atoms with Gasteiger partial charge < -0.3 is 15.1 Å². The fourth-order valence-corrected chi connectivity index (χ4v) is 4.17. The van der Waals surface area contributed by atoms with E-state index in [9.17, 15) is 9.59 Å². The van der Waals surface area contributed by atoms with Crippen molar-refractivity contribution in [3.63, 3.8) is 0 Å². The maximum Gasteiger partial charge on any atom is 0.321 e. The lowest BCUT2D eigenvalue weighted by Gasteiger charge is -2.25. The average Bonchev–Trinajstić information content (AvgIpc) is 3.44. The number of hydrogen-bond donors (Lipinski definition) is 1. The molecule has 1 saturated carbocycles. The van der Waals surface area contributed by atoms with E-state index in [1.165, 1.54) is 19.2 Å². The van der Waals surface area contributed by atoms with Crippen molar-refractivity contribution in [3.8, 4) is 5.69 Å². The minimum Gasteiger partial charge on any atom is -0.339 e. The van der Waals surface area contributed by atoms with Gasteiger partial charge >= 0.3 is 6.03 Å². The first-order chi connectivity index (χ1) is 13.6. The van der Waals surface area contributed by atoms with Crippen LogP contribution < -0.4 is 5.32 Å². The number of likely N-dealkylation sites (tertiary alicyclic amines) is 1. The zero-order chi connectivity index (χ0) is 19.5. The molecule has 1 aliphatic heterocycles. The summed E-state index contributed by atoms with van der Waals surface area (Å²) in [5.74, 6) is 0.440. The monoisotopic (exact) mass is 383 g/mol. The molecule has 1 saturated heterocycles. The van der Waals surface area contributed by atoms with Crippen LogP contribution in [0.1, 0.15) is 32.1 Å². The number of hydrogen-bond acceptors (Lipinski definition) is 5. The number of carbonyl (C=O) groups excluding carboxylic acids is 2. The van der Waals surface area contributed by atoms with Crippen molar-refractivity contribution in [2.24, 2.45) is 5.92 Å². The quantitative estimate of drug-likeness (QED) is 0.851. The van der Waals surface area contributed by atoms with E-state index < -0.39 is 0 Å². The zero-order valence-corrected chi connectivity index (χ0v) is 16.0. The minimum absolute atomic E-state index is 0.179. The summed E-state index contributed by atoms with van der Waals surface area (Å²) in [6.07, 6.45) is 6.72. The Morgan fingerprint density at radius 1 is 1.25 bits per heavy atom. The first-order valence-corrected chi connectivity index (χ1v) is 9.75. The summed E-state index contributed by atoms with van der Waals surface area (Å²) in [6, 6.07) is 7.52. The Morgan fingerprint density at radius 3 is 2.68 bits per heavy atom. The summed E-state index contributed by atoms with van der Waals surface area (Å²) in [4.78, 5) is 28.5. The third kappa shape index (κ3) is 3.97. The number of nitrogens with zero attached hydrogens (tertiary/aromatic N) is 6. The number of nitrogens with one attached hydrogen (secondary N) is 1. The van der Waals surface area contributed by atoms with Gasteiger partial charge in [0.25, 0.3) is 0 Å². The van der Waals surface area contributed by atoms with Gasteiger partial charge in [0.1, 0.15) is 6.33 Å². The van der Waals surface area contributed by atoms with Crippen molar-refractivity contribution in [3.05, 3.63) is 30.6 Å². The van der Waals surface area contributed by atoms with E-state index in [4.69, 9.17) is 0 Å². The second-order valence-corrected chi connectivity index (χ2v) is 7.67. The predicted octanol–water partition coefficient (Wildman–Crippen LogP) is 1.92. The van der Waals surface area contributed by atoms with Crippen LogP contribution in [-0.2, 0) is 4.79 Å². The summed E-state index contributed by atoms with van der Waals surface area (Å²) in [5.41, 5.74) is 1.51. The van der Waals surface area contributed by atoms with Crippen LogP contribution in [0.3, 0.4) is 0 Å². The zero-order valence-electron chi connectivity index (χ0n) is 16.0. The number of carbonyl (C=O) groups is 2. The fourth-order valence-electron chi connectivity index (χ4n) is 4.17. The van der Waals surface area contributed by atoms with Crippen LogP contribution in [0.2, 0.25) is 0 Å². The highest BCUT2D eigenvalue weighted by Gasteiger charge is 2.36. The molecular weight excluding hydrogens is 358 g/mol. The molecule has 1 aliphatic carbocycles. The first kappa shape index (κ1) is 18.4. The SMILES string of the molecule is CN(C[C@@H]1CC(=O)N(C2CCCC2)C1)C(=O)Nc1ccc(-n2cnnn2)cc1. The van der Waals surface area contributed by atoms with Crippen LogP contribution in [-0.4, -0.2) is 68.1 Å². The Labute approximate surface area is 163 Å². The summed E-state index contributed by atoms with van der Waals surface area (Å²) in [5, 5.41) is 13.9. The third-order valence-electron chi connectivity index (χ3n) is 5.61. The van der Waals surface area contributed by atoms with E-state index in [-0.39, 0.29) is 17.9 Å². The van der Waals surface area contributed by atoms with Crippen LogP contribution in [0.4, 0.5) is 10.5 Å². The van der Waals surface area contributed by atoms with Crippen LogP contribution in [0.15, 0.2) is 30.6 Å². The Balaban J connectivity index is 1.29. The topological polar surface area (TPSA) is 96.2 Å². The van der Waals surface area contributed by atoms with Gasteiger partial charge in [0, 0.05) is 44.2 Å². The average molecular weight is 383 g/mol. The molecule has 2 aliphatic rings. The molecule has 1 N–H and O–H groups in total. The molecule has 4 rings (SSSR count). The Hall–Kier alpha value is -2.97. The van der Waals surface area contributed by atoms with E-state index in [1.807, 2.05) is 29.2 Å². The van der Waals surface area contributed by atoms with E-state index in [1.54, 1.807) is 16.6 Å². The lowest BCUT2D eigenvalue weighted by Crippen LogP contribution is -2.37. The van der Waals surface area contributed by atoms with Crippen molar-refractivity contribution < 1.29 is 9.59 Å². The fraction of sp³-hybridized carbons (Fsp3) is 0.526. The highest BCUT2D eigenvalue weighted by atomic mass is 16.2. The van der Waals surface area contributed by atoms with E-state index in [2.05, 4.69) is 20.8 Å². The van der Waals surface area contributed by atoms with Crippen molar-refractivity contribution in [2.75, 3.05) is 25.5 Å². The highest BCUT2D eigenvalue weighted by molar-refractivity contribution is 5.89. The molecule has 28 heavy (non-hydrogen) atoms. The molecule has 0 spiro atoms. The smallest absolute Gasteiger partial charge is 0.321 e. The van der Waals surface area contributed by atoms with Gasteiger partial charge in [-0.15, -0.1) is 5.10 Å². The molecule has 1 atom stereocenters. The molecule has 9 nitrogen and oxygen atoms in total. The van der Waals surface area contributed by atoms with Gasteiger partial charge in [0.2, 0.25) is 5.91 Å². The number of tetrazole rings is 1. The molecule has 2 fully saturated rings. The Kier molecular flexibility index (Phi) is 5.23. The summed E-state index contributed by atoms with van der Waals surface area (Å²) < 4.78 is 1.55. The largest absolute Gasteiger partial charge is 0.339 e. The van der Waals surface area contributed by atoms with Gasteiger partial charge in [-0.1, -0.05) is 12.8 Å². The van der Waals surface area contributed by atoms with E-state index in [0.717, 1.165) is 25.1 Å². The lowest BCUT2D eigenvalue weighted by atomic mass is 10.1. The second kappa shape index (κ2) is 7.95. The molecule has 1 aromatic carbocycles. The highest BCUT2D eigenvalue weighted by Crippen LogP contribution is 2.29. The standard InChI is InChI=1S/C19H25N7O2/c1-24(11-14-10-18(27)25(12-14)16-4-2-3-5-16)19(28)21-15-6-8-17(9-7-15)26-13-20-22-23-26/h6-9,13-14,16H,2-5,10-12H2,1H3,(H,21,28)/t14-/m0/s1. The van der Waals surface area contributed by atoms with Gasteiger partial charge in [-0.3, -0.25) is 4.79 Å². The normalized spacial score (nSPS) is 20.0. The van der Waals surface area contributed by atoms with Crippen molar-refractivity contribution in [1.82, 2.24) is 30.0 Å². The Morgan fingerprint density at radius 2 is 2.00 bits per heavy atom. The first-order valence-electron chi connectivity index (χ1n) is 9.75. The van der Waals surface area contributed by atoms with Gasteiger partial charge in [-0.05, 0) is 47.5 Å². The molecule has 3 amide bonds. The minimum atomic E-state index is -0.179. The summed E-state index contributed by atoms with van der Waals surface area (Å²) in [6.45, 7) is 1.34. The van der Waals surface area contributed by atoms with Gasteiger partial charge in [0.15, 0.2) is 0 Å². The molecule has 148 valence electrons. The van der Waals surface area contributed by atoms with Crippen LogP contribution in [0.25, 0.3) is 5.69 Å². The van der Waals surface area contributed by atoms with Crippen molar-refractivity contribution in [1.29, 1.82) is 0 Å². The van der Waals surface area contributed by atoms with E-state index in [0.29, 0.717) is 24.7 Å². The number of anilines is 1. The summed E-state index contributed by atoms with van der Waals surface area (Å²) in [7, 11) is 1.77. The molecular formula is C19H25N7O2. The molecule has 0 radical (unpaired) electrons.